The van der Waals surface area contributed by atoms with Gasteiger partial charge in [-0.3, -0.25) is 4.90 Å². The average molecular weight is 249 g/mol. The molecule has 92 valence electrons. The lowest BCUT2D eigenvalue weighted by Gasteiger charge is -2.32. The van der Waals surface area contributed by atoms with Gasteiger partial charge in [0, 0.05) is 38.3 Å². The van der Waals surface area contributed by atoms with E-state index >= 15 is 0 Å². The second-order valence-corrected chi connectivity index (χ2v) is 5.08. The first kappa shape index (κ1) is 12.5. The molecule has 1 aliphatic rings. The van der Waals surface area contributed by atoms with E-state index in [4.69, 9.17) is 18.0 Å². The molecule has 2 rings (SSSR count). The summed E-state index contributed by atoms with van der Waals surface area (Å²) < 4.78 is 0. The molecule has 1 saturated heterocycles. The Balaban J connectivity index is 1.98. The van der Waals surface area contributed by atoms with Crippen LogP contribution in [0.25, 0.3) is 0 Å². The SMILES string of the molecule is CN1CCN(Cc2cccc(C(N)=S)c2)CC1. The molecule has 0 amide bonds. The standard InChI is InChI=1S/C13H19N3S/c1-15-5-7-16(8-6-15)10-11-3-2-4-12(9-11)13(14)17/h2-4,9H,5-8,10H2,1H3,(H2,14,17). The Morgan fingerprint density at radius 1 is 1.29 bits per heavy atom. The molecule has 0 unspecified atom stereocenters. The lowest BCUT2D eigenvalue weighted by molar-refractivity contribution is 0.148. The second kappa shape index (κ2) is 5.58. The molecule has 1 aliphatic heterocycles. The Kier molecular flexibility index (Phi) is 4.10. The number of thiocarbonyl (C=S) groups is 1. The highest BCUT2D eigenvalue weighted by Crippen LogP contribution is 2.10. The van der Waals surface area contributed by atoms with Crippen molar-refractivity contribution in [2.45, 2.75) is 6.54 Å². The summed E-state index contributed by atoms with van der Waals surface area (Å²) in [4.78, 5) is 5.31. The van der Waals surface area contributed by atoms with Crippen molar-refractivity contribution in [3.8, 4) is 0 Å². The van der Waals surface area contributed by atoms with Gasteiger partial charge < -0.3 is 10.6 Å². The normalized spacial score (nSPS) is 18.2. The first-order valence-electron chi connectivity index (χ1n) is 5.95. The fourth-order valence-electron chi connectivity index (χ4n) is 2.09. The monoisotopic (exact) mass is 249 g/mol. The Bertz CT molecular complexity index is 397. The fourth-order valence-corrected chi connectivity index (χ4v) is 2.21. The molecule has 0 aromatic heterocycles. The summed E-state index contributed by atoms with van der Waals surface area (Å²) in [5.41, 5.74) is 7.90. The van der Waals surface area contributed by atoms with Gasteiger partial charge in [-0.25, -0.2) is 0 Å². The Morgan fingerprint density at radius 3 is 2.65 bits per heavy atom. The molecule has 1 aromatic rings. The quantitative estimate of drug-likeness (QED) is 0.812. The number of nitrogens with two attached hydrogens (primary N) is 1. The van der Waals surface area contributed by atoms with Gasteiger partial charge in [-0.05, 0) is 18.7 Å². The predicted octanol–water partition coefficient (Wildman–Crippen LogP) is 1.07. The molecule has 2 N–H and O–H groups in total. The van der Waals surface area contributed by atoms with E-state index in [0.717, 1.165) is 38.3 Å². The number of benzene rings is 1. The molecule has 3 nitrogen and oxygen atoms in total. The summed E-state index contributed by atoms with van der Waals surface area (Å²) in [5.74, 6) is 0. The van der Waals surface area contributed by atoms with Gasteiger partial charge in [-0.15, -0.1) is 0 Å². The highest BCUT2D eigenvalue weighted by atomic mass is 32.1. The lowest BCUT2D eigenvalue weighted by atomic mass is 10.1. The molecule has 0 radical (unpaired) electrons. The van der Waals surface area contributed by atoms with Crippen LogP contribution in [0.15, 0.2) is 24.3 Å². The smallest absolute Gasteiger partial charge is 0.103 e. The summed E-state index contributed by atoms with van der Waals surface area (Å²) in [6.07, 6.45) is 0. The van der Waals surface area contributed by atoms with Crippen LogP contribution in [0.3, 0.4) is 0 Å². The summed E-state index contributed by atoms with van der Waals surface area (Å²) in [7, 11) is 2.17. The van der Waals surface area contributed by atoms with Crippen LogP contribution in [0.5, 0.6) is 0 Å². The summed E-state index contributed by atoms with van der Waals surface area (Å²) >= 11 is 5.00. The van der Waals surface area contributed by atoms with Crippen LogP contribution >= 0.6 is 12.2 Å². The van der Waals surface area contributed by atoms with E-state index in [2.05, 4.69) is 29.0 Å². The third-order valence-corrected chi connectivity index (χ3v) is 3.45. The van der Waals surface area contributed by atoms with Crippen LogP contribution in [-0.4, -0.2) is 48.0 Å². The van der Waals surface area contributed by atoms with Gasteiger partial charge in [-0.1, -0.05) is 30.4 Å². The van der Waals surface area contributed by atoms with Gasteiger partial charge in [-0.2, -0.15) is 0 Å². The van der Waals surface area contributed by atoms with Crippen LogP contribution < -0.4 is 5.73 Å². The van der Waals surface area contributed by atoms with E-state index in [0.29, 0.717) is 4.99 Å². The minimum atomic E-state index is 0.477. The van der Waals surface area contributed by atoms with Crippen molar-refractivity contribution < 1.29 is 0 Å². The zero-order valence-corrected chi connectivity index (χ0v) is 11.0. The van der Waals surface area contributed by atoms with E-state index in [1.807, 2.05) is 12.1 Å². The second-order valence-electron chi connectivity index (χ2n) is 4.64. The molecule has 0 spiro atoms. The van der Waals surface area contributed by atoms with E-state index in [1.165, 1.54) is 5.56 Å². The molecule has 1 aromatic carbocycles. The van der Waals surface area contributed by atoms with Crippen LogP contribution in [0, 0.1) is 0 Å². The number of hydrogen-bond donors (Lipinski definition) is 1. The molecule has 17 heavy (non-hydrogen) atoms. The molecule has 0 atom stereocenters. The van der Waals surface area contributed by atoms with Crippen molar-refractivity contribution >= 4 is 17.2 Å². The van der Waals surface area contributed by atoms with Gasteiger partial charge in [0.05, 0.1) is 0 Å². The Hall–Kier alpha value is -0.970. The van der Waals surface area contributed by atoms with Crippen molar-refractivity contribution in [2.24, 2.45) is 5.73 Å². The van der Waals surface area contributed by atoms with E-state index in [1.54, 1.807) is 0 Å². The zero-order valence-electron chi connectivity index (χ0n) is 10.2. The first-order valence-corrected chi connectivity index (χ1v) is 6.35. The average Bonchev–Trinajstić information content (AvgIpc) is 2.32. The van der Waals surface area contributed by atoms with E-state index in [-0.39, 0.29) is 0 Å². The number of rotatable bonds is 3. The topological polar surface area (TPSA) is 32.5 Å². The van der Waals surface area contributed by atoms with Crippen LogP contribution in [0.4, 0.5) is 0 Å². The van der Waals surface area contributed by atoms with Crippen LogP contribution in [0.1, 0.15) is 11.1 Å². The van der Waals surface area contributed by atoms with Crippen LogP contribution in [-0.2, 0) is 6.54 Å². The maximum Gasteiger partial charge on any atom is 0.103 e. The van der Waals surface area contributed by atoms with E-state index in [9.17, 15) is 0 Å². The summed E-state index contributed by atoms with van der Waals surface area (Å²) in [6.45, 7) is 5.55. The van der Waals surface area contributed by atoms with E-state index < -0.39 is 0 Å². The Morgan fingerprint density at radius 2 is 2.00 bits per heavy atom. The molecule has 0 bridgehead atoms. The van der Waals surface area contributed by atoms with Gasteiger partial charge in [0.15, 0.2) is 0 Å². The molecular weight excluding hydrogens is 230 g/mol. The third kappa shape index (κ3) is 3.49. The third-order valence-electron chi connectivity index (χ3n) is 3.21. The maximum atomic E-state index is 5.65. The molecule has 4 heteroatoms. The van der Waals surface area contributed by atoms with Crippen molar-refractivity contribution in [1.29, 1.82) is 0 Å². The molecule has 1 fully saturated rings. The van der Waals surface area contributed by atoms with Crippen molar-refractivity contribution in [3.05, 3.63) is 35.4 Å². The van der Waals surface area contributed by atoms with Crippen molar-refractivity contribution in [1.82, 2.24) is 9.80 Å². The zero-order chi connectivity index (χ0) is 12.3. The van der Waals surface area contributed by atoms with Crippen molar-refractivity contribution in [3.63, 3.8) is 0 Å². The predicted molar refractivity (Wildman–Crippen MR) is 75.1 cm³/mol. The summed E-state index contributed by atoms with van der Waals surface area (Å²) in [6, 6.07) is 8.23. The van der Waals surface area contributed by atoms with Gasteiger partial charge in [0.1, 0.15) is 4.99 Å². The minimum Gasteiger partial charge on any atom is -0.389 e. The van der Waals surface area contributed by atoms with Gasteiger partial charge in [0.25, 0.3) is 0 Å². The number of likely N-dealkylation sites (N-methyl/N-ethyl adjacent to an activating group) is 1. The highest BCUT2D eigenvalue weighted by Gasteiger charge is 2.13. The number of nitrogens with zero attached hydrogens (tertiary/aromatic N) is 2. The number of piperazine rings is 1. The lowest BCUT2D eigenvalue weighted by Crippen LogP contribution is -2.43. The van der Waals surface area contributed by atoms with Crippen molar-refractivity contribution in [2.75, 3.05) is 33.2 Å². The molecule has 1 heterocycles. The molecular formula is C13H19N3S. The Labute approximate surface area is 108 Å². The number of hydrogen-bond acceptors (Lipinski definition) is 3. The van der Waals surface area contributed by atoms with Crippen LogP contribution in [0.2, 0.25) is 0 Å². The first-order chi connectivity index (χ1) is 8.15. The summed E-state index contributed by atoms with van der Waals surface area (Å²) in [5, 5.41) is 0. The highest BCUT2D eigenvalue weighted by molar-refractivity contribution is 7.80. The van der Waals surface area contributed by atoms with Gasteiger partial charge in [0.2, 0.25) is 0 Å². The fraction of sp³-hybridized carbons (Fsp3) is 0.462. The largest absolute Gasteiger partial charge is 0.389 e. The maximum absolute atomic E-state index is 5.65. The molecule has 0 aliphatic carbocycles. The van der Waals surface area contributed by atoms with Gasteiger partial charge >= 0.3 is 0 Å². The minimum absolute atomic E-state index is 0.477. The molecule has 0 saturated carbocycles.